The van der Waals surface area contributed by atoms with E-state index in [1.807, 2.05) is 34.6 Å². The molecule has 2 atom stereocenters. The molecule has 2 unspecified atom stereocenters. The number of rotatable bonds is 6. The van der Waals surface area contributed by atoms with Crippen molar-refractivity contribution in [1.82, 2.24) is 0 Å². The Morgan fingerprint density at radius 2 is 1.90 bits per heavy atom. The van der Waals surface area contributed by atoms with Crippen LogP contribution < -0.4 is 0 Å². The van der Waals surface area contributed by atoms with Crippen LogP contribution in [0.1, 0.15) is 55.4 Å². The standard InChI is InChI=1S/C24H32O5/c1-14(2)12-28-24(26)29-20-11-19(10-18-6-7-27-13-18)23(25)22(20)21-16(4)8-15(3)9-17(21)5/h8-9,14,18-19H,6-7,10-13H2,1-5H3. The Morgan fingerprint density at radius 3 is 2.48 bits per heavy atom. The third-order valence-corrected chi connectivity index (χ3v) is 5.64. The summed E-state index contributed by atoms with van der Waals surface area (Å²) in [5.74, 6) is 0.946. The number of ketones is 1. The van der Waals surface area contributed by atoms with E-state index in [9.17, 15) is 9.59 Å². The summed E-state index contributed by atoms with van der Waals surface area (Å²) in [5, 5.41) is 0. The Kier molecular flexibility index (Phi) is 6.78. The molecule has 0 aromatic heterocycles. The van der Waals surface area contributed by atoms with Gasteiger partial charge in [-0.2, -0.15) is 0 Å². The van der Waals surface area contributed by atoms with E-state index in [1.54, 1.807) is 0 Å². The Labute approximate surface area is 173 Å². The van der Waals surface area contributed by atoms with Gasteiger partial charge in [0.15, 0.2) is 5.78 Å². The third-order valence-electron chi connectivity index (χ3n) is 5.64. The van der Waals surface area contributed by atoms with Gasteiger partial charge in [-0.3, -0.25) is 4.79 Å². The summed E-state index contributed by atoms with van der Waals surface area (Å²) in [7, 11) is 0. The van der Waals surface area contributed by atoms with Crippen molar-refractivity contribution in [3.8, 4) is 0 Å². The zero-order chi connectivity index (χ0) is 21.1. The van der Waals surface area contributed by atoms with Crippen molar-refractivity contribution in [3.63, 3.8) is 0 Å². The Morgan fingerprint density at radius 1 is 1.21 bits per heavy atom. The molecule has 1 aliphatic heterocycles. The first-order chi connectivity index (χ1) is 13.8. The molecule has 1 aliphatic carbocycles. The second-order valence-electron chi connectivity index (χ2n) is 8.86. The largest absolute Gasteiger partial charge is 0.513 e. The molecule has 0 saturated carbocycles. The fourth-order valence-electron chi connectivity index (χ4n) is 4.42. The summed E-state index contributed by atoms with van der Waals surface area (Å²) in [5.41, 5.74) is 4.62. The van der Waals surface area contributed by atoms with Crippen LogP contribution in [0, 0.1) is 38.5 Å². The average Bonchev–Trinajstić information content (AvgIpc) is 3.23. The Hall–Kier alpha value is -2.14. The molecule has 0 N–H and O–H groups in total. The summed E-state index contributed by atoms with van der Waals surface area (Å²) in [4.78, 5) is 25.7. The van der Waals surface area contributed by atoms with Gasteiger partial charge in [-0.15, -0.1) is 0 Å². The van der Waals surface area contributed by atoms with Gasteiger partial charge in [-0.1, -0.05) is 31.5 Å². The summed E-state index contributed by atoms with van der Waals surface area (Å²) in [6.07, 6.45) is 1.45. The molecule has 1 heterocycles. The van der Waals surface area contributed by atoms with Gasteiger partial charge in [0.2, 0.25) is 0 Å². The van der Waals surface area contributed by atoms with E-state index in [4.69, 9.17) is 14.2 Å². The van der Waals surface area contributed by atoms with Crippen molar-refractivity contribution in [2.24, 2.45) is 17.8 Å². The van der Waals surface area contributed by atoms with Gasteiger partial charge >= 0.3 is 6.16 Å². The zero-order valence-corrected chi connectivity index (χ0v) is 18.2. The van der Waals surface area contributed by atoms with Crippen molar-refractivity contribution in [2.45, 2.75) is 53.9 Å². The SMILES string of the molecule is Cc1cc(C)c(C2=C(OC(=O)OCC(C)C)CC(CC3CCOC3)C2=O)c(C)c1. The van der Waals surface area contributed by atoms with E-state index in [1.165, 1.54) is 0 Å². The molecular formula is C24H32O5. The molecule has 1 aromatic carbocycles. The molecule has 158 valence electrons. The van der Waals surface area contributed by atoms with Crippen LogP contribution in [0.3, 0.4) is 0 Å². The second kappa shape index (κ2) is 9.12. The second-order valence-corrected chi connectivity index (χ2v) is 8.86. The van der Waals surface area contributed by atoms with Crippen molar-refractivity contribution in [3.05, 3.63) is 40.1 Å². The Balaban J connectivity index is 1.90. The number of aryl methyl sites for hydroxylation is 3. The molecular weight excluding hydrogens is 368 g/mol. The van der Waals surface area contributed by atoms with E-state index in [0.717, 1.165) is 41.7 Å². The van der Waals surface area contributed by atoms with Crippen molar-refractivity contribution < 1.29 is 23.8 Å². The van der Waals surface area contributed by atoms with Crippen LogP contribution in [0.4, 0.5) is 4.79 Å². The number of ether oxygens (including phenoxy) is 3. The smallest absolute Gasteiger partial charge is 0.434 e. The van der Waals surface area contributed by atoms with Crippen LogP contribution in [0.25, 0.3) is 5.57 Å². The van der Waals surface area contributed by atoms with Crippen LogP contribution >= 0.6 is 0 Å². The van der Waals surface area contributed by atoms with E-state index in [2.05, 4.69) is 12.1 Å². The average molecular weight is 401 g/mol. The van der Waals surface area contributed by atoms with Crippen LogP contribution in [-0.4, -0.2) is 31.8 Å². The van der Waals surface area contributed by atoms with Crippen molar-refractivity contribution in [1.29, 1.82) is 0 Å². The summed E-state index contributed by atoms with van der Waals surface area (Å²) in [6, 6.07) is 4.13. The van der Waals surface area contributed by atoms with Crippen LogP contribution in [-0.2, 0) is 19.0 Å². The number of Topliss-reactive ketones (excluding diaryl/α,β-unsaturated/α-hetero) is 1. The monoisotopic (exact) mass is 400 g/mol. The molecule has 0 bridgehead atoms. The summed E-state index contributed by atoms with van der Waals surface area (Å²) in [6.45, 7) is 11.7. The molecule has 2 aliphatic rings. The number of carbonyl (C=O) groups excluding carboxylic acids is 2. The molecule has 1 aromatic rings. The van der Waals surface area contributed by atoms with Gasteiger partial charge in [-0.25, -0.2) is 4.79 Å². The predicted octanol–water partition coefficient (Wildman–Crippen LogP) is 5.15. The zero-order valence-electron chi connectivity index (χ0n) is 18.2. The van der Waals surface area contributed by atoms with Gasteiger partial charge < -0.3 is 14.2 Å². The van der Waals surface area contributed by atoms with Gasteiger partial charge in [0.25, 0.3) is 0 Å². The number of benzene rings is 1. The molecule has 3 rings (SSSR count). The maximum atomic E-state index is 13.4. The normalized spacial score (nSPS) is 21.9. The van der Waals surface area contributed by atoms with E-state index >= 15 is 0 Å². The molecule has 0 amide bonds. The topological polar surface area (TPSA) is 61.8 Å². The first kappa shape index (κ1) is 21.6. The lowest BCUT2D eigenvalue weighted by molar-refractivity contribution is -0.117. The van der Waals surface area contributed by atoms with Crippen LogP contribution in [0.15, 0.2) is 17.9 Å². The van der Waals surface area contributed by atoms with E-state index < -0.39 is 6.16 Å². The maximum absolute atomic E-state index is 13.4. The highest BCUT2D eigenvalue weighted by Gasteiger charge is 2.39. The molecule has 1 fully saturated rings. The highest BCUT2D eigenvalue weighted by molar-refractivity contribution is 6.25. The molecule has 5 nitrogen and oxygen atoms in total. The molecule has 0 spiro atoms. The van der Waals surface area contributed by atoms with Crippen molar-refractivity contribution >= 4 is 17.5 Å². The number of hydrogen-bond donors (Lipinski definition) is 0. The number of carbonyl (C=O) groups is 2. The first-order valence-electron chi connectivity index (χ1n) is 10.5. The lowest BCUT2D eigenvalue weighted by atomic mass is 9.87. The Bertz CT molecular complexity index is 792. The third kappa shape index (κ3) is 5.08. The van der Waals surface area contributed by atoms with Gasteiger partial charge in [0.1, 0.15) is 5.76 Å². The van der Waals surface area contributed by atoms with Gasteiger partial charge in [0, 0.05) is 25.6 Å². The number of allylic oxidation sites excluding steroid dienone is 2. The fraction of sp³-hybridized carbons (Fsp3) is 0.583. The molecule has 0 radical (unpaired) electrons. The first-order valence-corrected chi connectivity index (χ1v) is 10.5. The highest BCUT2D eigenvalue weighted by Crippen LogP contribution is 2.41. The number of hydrogen-bond acceptors (Lipinski definition) is 5. The minimum Gasteiger partial charge on any atom is -0.434 e. The maximum Gasteiger partial charge on any atom is 0.513 e. The van der Waals surface area contributed by atoms with E-state index in [-0.39, 0.29) is 17.6 Å². The minimum atomic E-state index is -0.730. The summed E-state index contributed by atoms with van der Waals surface area (Å²) >= 11 is 0. The van der Waals surface area contributed by atoms with Gasteiger partial charge in [0.05, 0.1) is 12.2 Å². The van der Waals surface area contributed by atoms with Gasteiger partial charge in [-0.05, 0) is 62.1 Å². The molecule has 29 heavy (non-hydrogen) atoms. The highest BCUT2D eigenvalue weighted by atomic mass is 16.7. The quantitative estimate of drug-likeness (QED) is 0.618. The molecule has 1 saturated heterocycles. The van der Waals surface area contributed by atoms with Crippen molar-refractivity contribution in [2.75, 3.05) is 19.8 Å². The summed E-state index contributed by atoms with van der Waals surface area (Å²) < 4.78 is 16.3. The van der Waals surface area contributed by atoms with Crippen LogP contribution in [0.5, 0.6) is 0 Å². The minimum absolute atomic E-state index is 0.0682. The lowest BCUT2D eigenvalue weighted by Crippen LogP contribution is -2.15. The molecule has 5 heteroatoms. The lowest BCUT2D eigenvalue weighted by Gasteiger charge is -2.15. The fourth-order valence-corrected chi connectivity index (χ4v) is 4.42. The predicted molar refractivity (Wildman–Crippen MR) is 112 cm³/mol. The van der Waals surface area contributed by atoms with E-state index in [0.29, 0.717) is 36.9 Å². The van der Waals surface area contributed by atoms with Crippen LogP contribution in [0.2, 0.25) is 0 Å².